The highest BCUT2D eigenvalue weighted by Crippen LogP contribution is 2.31. The second kappa shape index (κ2) is 5.25. The zero-order chi connectivity index (χ0) is 12.4. The van der Waals surface area contributed by atoms with Crippen LogP contribution in [-0.4, -0.2) is 17.2 Å². The van der Waals surface area contributed by atoms with Crippen molar-refractivity contribution in [3.05, 3.63) is 33.2 Å². The average Bonchev–Trinajstić information content (AvgIpc) is 2.81. The first kappa shape index (κ1) is 12.7. The number of aromatic nitrogens is 2. The summed E-state index contributed by atoms with van der Waals surface area (Å²) in [5.74, 6) is 0. The summed E-state index contributed by atoms with van der Waals surface area (Å²) in [6.07, 6.45) is 0. The van der Waals surface area contributed by atoms with Gasteiger partial charge in [-0.25, -0.2) is 0 Å². The number of rotatable bonds is 3. The molecule has 1 aromatic carbocycles. The standard InChI is InChI=1S/C12H14BrN3S/c1-7-9(5-4-6-10(7)13)12-16-15-11(17-12)8(2)14-3/h4-6,8,14H,1-3H3. The largest absolute Gasteiger partial charge is 0.311 e. The lowest BCUT2D eigenvalue weighted by molar-refractivity contribution is 0.640. The van der Waals surface area contributed by atoms with Crippen LogP contribution in [0.5, 0.6) is 0 Å². The van der Waals surface area contributed by atoms with Gasteiger partial charge in [0.25, 0.3) is 0 Å². The van der Waals surface area contributed by atoms with Gasteiger partial charge >= 0.3 is 0 Å². The average molecular weight is 312 g/mol. The van der Waals surface area contributed by atoms with Crippen molar-refractivity contribution in [2.75, 3.05) is 7.05 Å². The first-order chi connectivity index (χ1) is 8.13. The molecule has 0 saturated heterocycles. The highest BCUT2D eigenvalue weighted by atomic mass is 79.9. The van der Waals surface area contributed by atoms with Crippen LogP contribution in [0.4, 0.5) is 0 Å². The summed E-state index contributed by atoms with van der Waals surface area (Å²) in [6, 6.07) is 6.38. The van der Waals surface area contributed by atoms with Gasteiger partial charge in [-0.15, -0.1) is 10.2 Å². The Balaban J connectivity index is 2.40. The van der Waals surface area contributed by atoms with E-state index in [9.17, 15) is 0 Å². The molecule has 1 atom stereocenters. The predicted molar refractivity (Wildman–Crippen MR) is 75.3 cm³/mol. The minimum atomic E-state index is 0.244. The molecule has 0 aliphatic heterocycles. The number of nitrogens with zero attached hydrogens (tertiary/aromatic N) is 2. The molecule has 0 bridgehead atoms. The van der Waals surface area contributed by atoms with Gasteiger partial charge in [-0.3, -0.25) is 0 Å². The van der Waals surface area contributed by atoms with Crippen LogP contribution in [0.2, 0.25) is 0 Å². The molecule has 5 heteroatoms. The van der Waals surface area contributed by atoms with Crippen molar-refractivity contribution < 1.29 is 0 Å². The molecule has 0 aliphatic rings. The Morgan fingerprint density at radius 1 is 1.35 bits per heavy atom. The lowest BCUT2D eigenvalue weighted by atomic mass is 10.1. The van der Waals surface area contributed by atoms with Crippen LogP contribution >= 0.6 is 27.3 Å². The van der Waals surface area contributed by atoms with E-state index in [1.54, 1.807) is 11.3 Å². The molecule has 1 aromatic heterocycles. The Kier molecular flexibility index (Phi) is 3.91. The highest BCUT2D eigenvalue weighted by molar-refractivity contribution is 9.10. The molecule has 2 rings (SSSR count). The Morgan fingerprint density at radius 3 is 2.82 bits per heavy atom. The predicted octanol–water partition coefficient (Wildman–Crippen LogP) is 3.56. The molecular weight excluding hydrogens is 298 g/mol. The SMILES string of the molecule is CNC(C)c1nnc(-c2cccc(Br)c2C)s1. The molecule has 3 nitrogen and oxygen atoms in total. The van der Waals surface area contributed by atoms with Crippen LogP contribution in [-0.2, 0) is 0 Å². The Hall–Kier alpha value is -0.780. The normalized spacial score (nSPS) is 12.7. The van der Waals surface area contributed by atoms with E-state index in [0.717, 1.165) is 20.1 Å². The molecule has 90 valence electrons. The summed E-state index contributed by atoms with van der Waals surface area (Å²) >= 11 is 5.17. The van der Waals surface area contributed by atoms with Gasteiger partial charge in [0.1, 0.15) is 10.0 Å². The lowest BCUT2D eigenvalue weighted by Gasteiger charge is -2.04. The Morgan fingerprint density at radius 2 is 2.12 bits per heavy atom. The maximum Gasteiger partial charge on any atom is 0.148 e. The van der Waals surface area contributed by atoms with E-state index in [0.29, 0.717) is 0 Å². The van der Waals surface area contributed by atoms with Crippen LogP contribution in [0.3, 0.4) is 0 Å². The molecule has 0 saturated carbocycles. The van der Waals surface area contributed by atoms with Crippen molar-refractivity contribution >= 4 is 27.3 Å². The van der Waals surface area contributed by atoms with Gasteiger partial charge in [-0.1, -0.05) is 39.4 Å². The topological polar surface area (TPSA) is 37.8 Å². The molecule has 1 heterocycles. The first-order valence-electron chi connectivity index (χ1n) is 5.39. The number of halogens is 1. The quantitative estimate of drug-likeness (QED) is 0.942. The second-order valence-corrected chi connectivity index (χ2v) is 5.73. The zero-order valence-electron chi connectivity index (χ0n) is 9.99. The van der Waals surface area contributed by atoms with Crippen LogP contribution in [0.25, 0.3) is 10.6 Å². The smallest absolute Gasteiger partial charge is 0.148 e. The number of benzene rings is 1. The van der Waals surface area contributed by atoms with E-state index in [1.807, 2.05) is 19.2 Å². The third kappa shape index (κ3) is 2.56. The minimum absolute atomic E-state index is 0.244. The maximum absolute atomic E-state index is 4.27. The van der Waals surface area contributed by atoms with Crippen LogP contribution in [0.1, 0.15) is 23.5 Å². The number of nitrogens with one attached hydrogen (secondary N) is 1. The van der Waals surface area contributed by atoms with E-state index in [2.05, 4.69) is 51.4 Å². The van der Waals surface area contributed by atoms with Crippen molar-refractivity contribution in [1.82, 2.24) is 15.5 Å². The Bertz CT molecular complexity index is 524. The molecular formula is C12H14BrN3S. The molecule has 0 spiro atoms. The summed E-state index contributed by atoms with van der Waals surface area (Å²) in [6.45, 7) is 4.17. The number of hydrogen-bond donors (Lipinski definition) is 1. The third-order valence-corrected chi connectivity index (χ3v) is 4.74. The fourth-order valence-corrected chi connectivity index (χ4v) is 2.83. The molecule has 1 N–H and O–H groups in total. The molecule has 1 unspecified atom stereocenters. The highest BCUT2D eigenvalue weighted by Gasteiger charge is 2.13. The fraction of sp³-hybridized carbons (Fsp3) is 0.333. The van der Waals surface area contributed by atoms with Gasteiger partial charge < -0.3 is 5.32 Å². The fourth-order valence-electron chi connectivity index (χ4n) is 1.48. The third-order valence-electron chi connectivity index (χ3n) is 2.74. The van der Waals surface area contributed by atoms with E-state index in [-0.39, 0.29) is 6.04 Å². The molecule has 2 aromatic rings. The van der Waals surface area contributed by atoms with Gasteiger partial charge in [0, 0.05) is 10.0 Å². The summed E-state index contributed by atoms with van der Waals surface area (Å²) in [5, 5.41) is 13.6. The molecule has 0 radical (unpaired) electrons. The van der Waals surface area contributed by atoms with Crippen molar-refractivity contribution in [2.45, 2.75) is 19.9 Å². The second-order valence-electron chi connectivity index (χ2n) is 3.87. The monoisotopic (exact) mass is 311 g/mol. The Labute approximate surface area is 113 Å². The summed E-state index contributed by atoms with van der Waals surface area (Å²) in [5.41, 5.74) is 2.35. The van der Waals surface area contributed by atoms with Crippen molar-refractivity contribution in [1.29, 1.82) is 0 Å². The van der Waals surface area contributed by atoms with Gasteiger partial charge in [0.05, 0.1) is 6.04 Å². The van der Waals surface area contributed by atoms with Crippen molar-refractivity contribution in [2.24, 2.45) is 0 Å². The molecule has 0 aliphatic carbocycles. The summed E-state index contributed by atoms with van der Waals surface area (Å²) in [4.78, 5) is 0. The maximum atomic E-state index is 4.27. The summed E-state index contributed by atoms with van der Waals surface area (Å²) < 4.78 is 1.11. The van der Waals surface area contributed by atoms with Crippen LogP contribution in [0.15, 0.2) is 22.7 Å². The minimum Gasteiger partial charge on any atom is -0.311 e. The van der Waals surface area contributed by atoms with E-state index in [1.165, 1.54) is 5.56 Å². The molecule has 17 heavy (non-hydrogen) atoms. The van der Waals surface area contributed by atoms with Gasteiger partial charge in [-0.05, 0) is 32.5 Å². The molecule has 0 amide bonds. The number of hydrogen-bond acceptors (Lipinski definition) is 4. The van der Waals surface area contributed by atoms with E-state index < -0.39 is 0 Å². The zero-order valence-corrected chi connectivity index (χ0v) is 12.4. The van der Waals surface area contributed by atoms with Gasteiger partial charge in [-0.2, -0.15) is 0 Å². The van der Waals surface area contributed by atoms with E-state index >= 15 is 0 Å². The molecule has 0 fully saturated rings. The van der Waals surface area contributed by atoms with Gasteiger partial charge in [0.2, 0.25) is 0 Å². The summed E-state index contributed by atoms with van der Waals surface area (Å²) in [7, 11) is 1.93. The first-order valence-corrected chi connectivity index (χ1v) is 7.00. The van der Waals surface area contributed by atoms with Crippen molar-refractivity contribution in [3.63, 3.8) is 0 Å². The van der Waals surface area contributed by atoms with Crippen molar-refractivity contribution in [3.8, 4) is 10.6 Å². The lowest BCUT2D eigenvalue weighted by Crippen LogP contribution is -2.11. The van der Waals surface area contributed by atoms with Crippen LogP contribution < -0.4 is 5.32 Å². The van der Waals surface area contributed by atoms with E-state index in [4.69, 9.17) is 0 Å². The van der Waals surface area contributed by atoms with Crippen LogP contribution in [0, 0.1) is 6.92 Å². The van der Waals surface area contributed by atoms with Gasteiger partial charge in [0.15, 0.2) is 0 Å².